The Labute approximate surface area is 151 Å². The van der Waals surface area contributed by atoms with Gasteiger partial charge in [0.15, 0.2) is 0 Å². The minimum atomic E-state index is 0.951. The first-order valence-corrected chi connectivity index (χ1v) is 9.29. The van der Waals surface area contributed by atoms with Crippen LogP contribution in [0.3, 0.4) is 0 Å². The van der Waals surface area contributed by atoms with Crippen LogP contribution in [0.25, 0.3) is 28.1 Å². The summed E-state index contributed by atoms with van der Waals surface area (Å²) in [5, 5.41) is 6.08. The third-order valence-corrected chi connectivity index (χ3v) is 4.80. The second-order valence-electron chi connectivity index (χ2n) is 5.59. The third kappa shape index (κ3) is 2.96. The summed E-state index contributed by atoms with van der Waals surface area (Å²) in [6, 6.07) is 24.7. The summed E-state index contributed by atoms with van der Waals surface area (Å²) in [5.41, 5.74) is 5.33. The van der Waals surface area contributed by atoms with Gasteiger partial charge in [-0.05, 0) is 36.1 Å². The lowest BCUT2D eigenvalue weighted by molar-refractivity contribution is 0.808. The van der Waals surface area contributed by atoms with Crippen LogP contribution in [-0.4, -0.2) is 21.0 Å². The Bertz CT molecular complexity index is 964. The van der Waals surface area contributed by atoms with Crippen molar-refractivity contribution in [2.24, 2.45) is 0 Å². The number of nitrogens with zero attached hydrogens (tertiary/aromatic N) is 3. The molecule has 2 aromatic carbocycles. The molecule has 0 atom stereocenters. The number of aromatic nitrogens is 3. The molecule has 0 saturated carbocycles. The Morgan fingerprint density at radius 1 is 0.800 bits per heavy atom. The van der Waals surface area contributed by atoms with E-state index in [4.69, 9.17) is 5.10 Å². The molecule has 0 saturated heterocycles. The predicted molar refractivity (Wildman–Crippen MR) is 104 cm³/mol. The van der Waals surface area contributed by atoms with Crippen LogP contribution >= 0.6 is 11.8 Å². The zero-order valence-corrected chi connectivity index (χ0v) is 14.6. The van der Waals surface area contributed by atoms with E-state index >= 15 is 0 Å². The molecule has 4 rings (SSSR count). The summed E-state index contributed by atoms with van der Waals surface area (Å²) in [4.78, 5) is 4.28. The largest absolute Gasteiger partial charge is 0.264 e. The molecule has 0 aliphatic rings. The number of hydrogen-bond acceptors (Lipinski definition) is 3. The molecule has 4 aromatic rings. The van der Waals surface area contributed by atoms with Gasteiger partial charge in [-0.25, -0.2) is 4.68 Å². The van der Waals surface area contributed by atoms with Gasteiger partial charge < -0.3 is 0 Å². The van der Waals surface area contributed by atoms with Crippen molar-refractivity contribution in [2.45, 2.75) is 5.03 Å². The standard InChI is InChI=1S/C21H17N3S/c1-25-21-19(16-9-4-2-5-10-16)20(17-11-8-14-22-15-17)23-24(21)18-12-6-3-7-13-18/h2-15H,1H3. The Morgan fingerprint density at radius 3 is 2.12 bits per heavy atom. The van der Waals surface area contributed by atoms with Gasteiger partial charge >= 0.3 is 0 Å². The quantitative estimate of drug-likeness (QED) is 0.470. The van der Waals surface area contributed by atoms with Crippen molar-refractivity contribution in [2.75, 3.05) is 6.26 Å². The monoisotopic (exact) mass is 343 g/mol. The maximum Gasteiger partial charge on any atom is 0.108 e. The molecule has 0 fully saturated rings. The van der Waals surface area contributed by atoms with Gasteiger partial charge in [0, 0.05) is 23.5 Å². The maximum atomic E-state index is 4.95. The molecule has 4 heteroatoms. The summed E-state index contributed by atoms with van der Waals surface area (Å²) >= 11 is 1.71. The highest BCUT2D eigenvalue weighted by molar-refractivity contribution is 7.98. The molecular weight excluding hydrogens is 326 g/mol. The Balaban J connectivity index is 2.02. The van der Waals surface area contributed by atoms with E-state index in [2.05, 4.69) is 53.7 Å². The number of hydrogen-bond donors (Lipinski definition) is 0. The molecule has 2 aromatic heterocycles. The van der Waals surface area contributed by atoms with Gasteiger partial charge in [0.2, 0.25) is 0 Å². The van der Waals surface area contributed by atoms with E-state index in [0.29, 0.717) is 0 Å². The molecule has 0 unspecified atom stereocenters. The lowest BCUT2D eigenvalue weighted by Gasteiger charge is -2.07. The molecule has 2 heterocycles. The number of benzene rings is 2. The van der Waals surface area contributed by atoms with Crippen LogP contribution in [0.4, 0.5) is 0 Å². The second kappa shape index (κ2) is 6.95. The van der Waals surface area contributed by atoms with E-state index in [0.717, 1.165) is 33.1 Å². The number of rotatable bonds is 4. The molecule has 0 aliphatic heterocycles. The summed E-state index contributed by atoms with van der Waals surface area (Å²) in [6.45, 7) is 0. The highest BCUT2D eigenvalue weighted by Gasteiger charge is 2.21. The smallest absolute Gasteiger partial charge is 0.108 e. The molecule has 0 bridgehead atoms. The normalized spacial score (nSPS) is 10.8. The van der Waals surface area contributed by atoms with Crippen LogP contribution in [0.5, 0.6) is 0 Å². The van der Waals surface area contributed by atoms with Crippen molar-refractivity contribution < 1.29 is 0 Å². The van der Waals surface area contributed by atoms with Crippen LogP contribution in [-0.2, 0) is 0 Å². The van der Waals surface area contributed by atoms with Crippen LogP contribution in [0.15, 0.2) is 90.2 Å². The molecule has 122 valence electrons. The van der Waals surface area contributed by atoms with Crippen LogP contribution < -0.4 is 0 Å². The summed E-state index contributed by atoms with van der Waals surface area (Å²) < 4.78 is 2.02. The molecule has 0 radical (unpaired) electrons. The maximum absolute atomic E-state index is 4.95. The summed E-state index contributed by atoms with van der Waals surface area (Å²) in [5.74, 6) is 0. The van der Waals surface area contributed by atoms with Crippen molar-refractivity contribution >= 4 is 11.8 Å². The number of pyridine rings is 1. The zero-order valence-electron chi connectivity index (χ0n) is 13.8. The zero-order chi connectivity index (χ0) is 17.1. The highest BCUT2D eigenvalue weighted by Crippen LogP contribution is 2.39. The van der Waals surface area contributed by atoms with Gasteiger partial charge in [0.05, 0.1) is 5.69 Å². The number of para-hydroxylation sites is 1. The van der Waals surface area contributed by atoms with E-state index in [1.807, 2.05) is 41.2 Å². The molecule has 25 heavy (non-hydrogen) atoms. The van der Waals surface area contributed by atoms with Gasteiger partial charge in [0.1, 0.15) is 10.7 Å². The van der Waals surface area contributed by atoms with Gasteiger partial charge in [0.25, 0.3) is 0 Å². The molecule has 3 nitrogen and oxygen atoms in total. The Hall–Kier alpha value is -2.85. The van der Waals surface area contributed by atoms with Crippen molar-refractivity contribution in [3.63, 3.8) is 0 Å². The molecular formula is C21H17N3S. The minimum Gasteiger partial charge on any atom is -0.264 e. The van der Waals surface area contributed by atoms with Crippen LogP contribution in [0.1, 0.15) is 0 Å². The van der Waals surface area contributed by atoms with E-state index < -0.39 is 0 Å². The average Bonchev–Trinajstić information content (AvgIpc) is 3.09. The van der Waals surface area contributed by atoms with Crippen LogP contribution in [0, 0.1) is 0 Å². The van der Waals surface area contributed by atoms with Crippen molar-refractivity contribution in [1.29, 1.82) is 0 Å². The van der Waals surface area contributed by atoms with Crippen molar-refractivity contribution in [3.8, 4) is 28.1 Å². The first kappa shape index (κ1) is 15.7. The lowest BCUT2D eigenvalue weighted by Crippen LogP contribution is -1.97. The van der Waals surface area contributed by atoms with Gasteiger partial charge in [-0.3, -0.25) is 4.98 Å². The van der Waals surface area contributed by atoms with Gasteiger partial charge in [-0.1, -0.05) is 48.5 Å². The summed E-state index contributed by atoms with van der Waals surface area (Å²) in [7, 11) is 0. The number of thioether (sulfide) groups is 1. The Kier molecular flexibility index (Phi) is 4.36. The highest BCUT2D eigenvalue weighted by atomic mass is 32.2. The third-order valence-electron chi connectivity index (χ3n) is 4.03. The SMILES string of the molecule is CSc1c(-c2ccccc2)c(-c2cccnc2)nn1-c1ccccc1. The first-order chi connectivity index (χ1) is 12.4. The van der Waals surface area contributed by atoms with Crippen molar-refractivity contribution in [3.05, 3.63) is 85.2 Å². The second-order valence-corrected chi connectivity index (χ2v) is 6.38. The average molecular weight is 343 g/mol. The molecule has 0 aliphatic carbocycles. The van der Waals surface area contributed by atoms with Crippen LogP contribution in [0.2, 0.25) is 0 Å². The lowest BCUT2D eigenvalue weighted by atomic mass is 10.0. The van der Waals surface area contributed by atoms with E-state index in [9.17, 15) is 0 Å². The fourth-order valence-electron chi connectivity index (χ4n) is 2.91. The Morgan fingerprint density at radius 2 is 1.48 bits per heavy atom. The van der Waals surface area contributed by atoms with E-state index in [-0.39, 0.29) is 0 Å². The van der Waals surface area contributed by atoms with E-state index in [1.54, 1.807) is 18.0 Å². The fourth-order valence-corrected chi connectivity index (χ4v) is 3.64. The summed E-state index contributed by atoms with van der Waals surface area (Å²) in [6.07, 6.45) is 5.75. The topological polar surface area (TPSA) is 30.7 Å². The predicted octanol–water partition coefficient (Wildman–Crippen LogP) is 5.32. The molecule has 0 amide bonds. The fraction of sp³-hybridized carbons (Fsp3) is 0.0476. The van der Waals surface area contributed by atoms with Gasteiger partial charge in [-0.2, -0.15) is 5.10 Å². The molecule has 0 spiro atoms. The molecule has 0 N–H and O–H groups in total. The minimum absolute atomic E-state index is 0.951. The van der Waals surface area contributed by atoms with Crippen molar-refractivity contribution in [1.82, 2.24) is 14.8 Å². The van der Waals surface area contributed by atoms with E-state index in [1.165, 1.54) is 0 Å². The first-order valence-electron chi connectivity index (χ1n) is 8.06. The van der Waals surface area contributed by atoms with Gasteiger partial charge in [-0.15, -0.1) is 11.8 Å².